The molecule has 0 amide bonds. The molecule has 7 heteroatoms. The SMILES string of the molecule is COC(=O)CCCCCCC1C(=O)C[C@@H](O)[C@@H]1CCC(O)CSc1ccccc1F. The maximum atomic E-state index is 13.7. The van der Waals surface area contributed by atoms with Gasteiger partial charge in [0.2, 0.25) is 0 Å². The van der Waals surface area contributed by atoms with E-state index < -0.39 is 12.2 Å². The van der Waals surface area contributed by atoms with E-state index >= 15 is 0 Å². The highest BCUT2D eigenvalue weighted by Crippen LogP contribution is 2.37. The Hall–Kier alpha value is -1.44. The van der Waals surface area contributed by atoms with Crippen LogP contribution in [0.2, 0.25) is 0 Å². The van der Waals surface area contributed by atoms with Crippen molar-refractivity contribution in [3.63, 3.8) is 0 Å². The zero-order valence-corrected chi connectivity index (χ0v) is 18.4. The standard InChI is InChI=1S/C23H33FO5S/c1-29-23(28)11-5-3-2-4-8-17-18(21(27)14-20(17)26)13-12-16(25)15-30-22-10-7-6-9-19(22)24/h6-7,9-10,16-18,21,25,27H,2-5,8,11-15H2,1H3/t16?,17?,18-,21-/m1/s1. The van der Waals surface area contributed by atoms with Gasteiger partial charge in [-0.05, 0) is 43.7 Å². The van der Waals surface area contributed by atoms with Gasteiger partial charge in [-0.3, -0.25) is 9.59 Å². The van der Waals surface area contributed by atoms with E-state index in [0.29, 0.717) is 29.9 Å². The van der Waals surface area contributed by atoms with Crippen molar-refractivity contribution in [2.45, 2.75) is 74.9 Å². The fourth-order valence-electron chi connectivity index (χ4n) is 4.09. The lowest BCUT2D eigenvalue weighted by Crippen LogP contribution is -2.23. The van der Waals surface area contributed by atoms with E-state index in [-0.39, 0.29) is 35.8 Å². The third-order valence-electron chi connectivity index (χ3n) is 5.81. The fourth-order valence-corrected chi connectivity index (χ4v) is 5.01. The number of hydrogen-bond acceptors (Lipinski definition) is 6. The highest BCUT2D eigenvalue weighted by Gasteiger charge is 2.40. The van der Waals surface area contributed by atoms with Crippen molar-refractivity contribution >= 4 is 23.5 Å². The molecular weight excluding hydrogens is 407 g/mol. The second kappa shape index (κ2) is 13.1. The number of hydrogen-bond donors (Lipinski definition) is 2. The Kier molecular flexibility index (Phi) is 10.8. The molecule has 0 spiro atoms. The molecule has 2 unspecified atom stereocenters. The van der Waals surface area contributed by atoms with Gasteiger partial charge in [0.1, 0.15) is 11.6 Å². The molecule has 5 nitrogen and oxygen atoms in total. The van der Waals surface area contributed by atoms with Crippen molar-refractivity contribution < 1.29 is 28.9 Å². The minimum atomic E-state index is -0.645. The predicted molar refractivity (Wildman–Crippen MR) is 115 cm³/mol. The number of aliphatic hydroxyl groups is 2. The molecule has 0 aromatic heterocycles. The summed E-state index contributed by atoms with van der Waals surface area (Å²) in [5, 5.41) is 20.6. The number of ether oxygens (including phenoxy) is 1. The van der Waals surface area contributed by atoms with Gasteiger partial charge in [0.05, 0.1) is 19.3 Å². The molecule has 0 radical (unpaired) electrons. The molecule has 4 atom stereocenters. The number of benzene rings is 1. The second-order valence-electron chi connectivity index (χ2n) is 8.01. The summed E-state index contributed by atoms with van der Waals surface area (Å²) in [4.78, 5) is 23.9. The van der Waals surface area contributed by atoms with Gasteiger partial charge in [-0.25, -0.2) is 4.39 Å². The summed E-state index contributed by atoms with van der Waals surface area (Å²) in [6, 6.07) is 6.48. The molecule has 0 bridgehead atoms. The first-order chi connectivity index (χ1) is 14.4. The Labute approximate surface area is 182 Å². The molecule has 1 aliphatic rings. The summed E-state index contributed by atoms with van der Waals surface area (Å²) in [7, 11) is 1.38. The van der Waals surface area contributed by atoms with E-state index in [1.165, 1.54) is 24.9 Å². The number of thioether (sulfide) groups is 1. The van der Waals surface area contributed by atoms with Crippen LogP contribution >= 0.6 is 11.8 Å². The quantitative estimate of drug-likeness (QED) is 0.272. The summed E-state index contributed by atoms with van der Waals surface area (Å²) in [5.74, 6) is -0.290. The third kappa shape index (κ3) is 8.00. The molecule has 1 saturated carbocycles. The molecule has 2 rings (SSSR count). The molecule has 30 heavy (non-hydrogen) atoms. The molecule has 1 aromatic carbocycles. The van der Waals surface area contributed by atoms with Crippen LogP contribution in [0.5, 0.6) is 0 Å². The van der Waals surface area contributed by atoms with Crippen molar-refractivity contribution in [2.24, 2.45) is 11.8 Å². The van der Waals surface area contributed by atoms with Crippen molar-refractivity contribution in [2.75, 3.05) is 12.9 Å². The number of rotatable bonds is 13. The van der Waals surface area contributed by atoms with E-state index in [9.17, 15) is 24.2 Å². The van der Waals surface area contributed by atoms with Gasteiger partial charge in [0.25, 0.3) is 0 Å². The number of methoxy groups -OCH3 is 1. The number of unbranched alkanes of at least 4 members (excludes halogenated alkanes) is 3. The van der Waals surface area contributed by atoms with Crippen LogP contribution in [0.3, 0.4) is 0 Å². The largest absolute Gasteiger partial charge is 0.469 e. The average molecular weight is 441 g/mol. The predicted octanol–water partition coefficient (Wildman–Crippen LogP) is 4.14. The smallest absolute Gasteiger partial charge is 0.305 e. The Balaban J connectivity index is 1.71. The lowest BCUT2D eigenvalue weighted by molar-refractivity contribution is -0.140. The maximum Gasteiger partial charge on any atom is 0.305 e. The summed E-state index contributed by atoms with van der Waals surface area (Å²) in [5.41, 5.74) is 0. The average Bonchev–Trinajstić information content (AvgIpc) is 3.00. The molecular formula is C23H33FO5S. The first-order valence-electron chi connectivity index (χ1n) is 10.7. The number of carbonyl (C=O) groups is 2. The summed E-state index contributed by atoms with van der Waals surface area (Å²) in [6.45, 7) is 0. The van der Waals surface area contributed by atoms with Crippen LogP contribution in [0.15, 0.2) is 29.2 Å². The van der Waals surface area contributed by atoms with E-state index in [1.807, 2.05) is 0 Å². The summed E-state index contributed by atoms with van der Waals surface area (Å²) >= 11 is 1.28. The monoisotopic (exact) mass is 440 g/mol. The molecule has 0 aliphatic heterocycles. The van der Waals surface area contributed by atoms with Crippen molar-refractivity contribution in [3.05, 3.63) is 30.1 Å². The van der Waals surface area contributed by atoms with Crippen LogP contribution in [-0.2, 0) is 14.3 Å². The molecule has 2 N–H and O–H groups in total. The van der Waals surface area contributed by atoms with Crippen LogP contribution in [0.4, 0.5) is 4.39 Å². The highest BCUT2D eigenvalue weighted by atomic mass is 32.2. The van der Waals surface area contributed by atoms with Gasteiger partial charge in [-0.1, -0.05) is 31.4 Å². The lowest BCUT2D eigenvalue weighted by Gasteiger charge is -2.22. The zero-order valence-electron chi connectivity index (χ0n) is 17.6. The van der Waals surface area contributed by atoms with E-state index in [2.05, 4.69) is 4.74 Å². The Morgan fingerprint density at radius 2 is 1.97 bits per heavy atom. The van der Waals surface area contributed by atoms with Crippen LogP contribution in [0.25, 0.3) is 0 Å². The van der Waals surface area contributed by atoms with E-state index in [1.54, 1.807) is 18.2 Å². The zero-order chi connectivity index (χ0) is 21.9. The van der Waals surface area contributed by atoms with Crippen molar-refractivity contribution in [3.8, 4) is 0 Å². The Morgan fingerprint density at radius 1 is 1.23 bits per heavy atom. The number of Topliss-reactive ketones (excluding diaryl/α,β-unsaturated/α-hetero) is 1. The van der Waals surface area contributed by atoms with Crippen LogP contribution in [-0.4, -0.2) is 47.0 Å². The van der Waals surface area contributed by atoms with Gasteiger partial charge in [-0.15, -0.1) is 11.8 Å². The summed E-state index contributed by atoms with van der Waals surface area (Å²) < 4.78 is 18.3. The van der Waals surface area contributed by atoms with Crippen molar-refractivity contribution in [1.82, 2.24) is 0 Å². The molecule has 168 valence electrons. The Morgan fingerprint density at radius 3 is 2.70 bits per heavy atom. The van der Waals surface area contributed by atoms with E-state index in [4.69, 9.17) is 0 Å². The Bertz CT molecular complexity index is 683. The van der Waals surface area contributed by atoms with E-state index in [0.717, 1.165) is 32.1 Å². The van der Waals surface area contributed by atoms with Crippen molar-refractivity contribution in [1.29, 1.82) is 0 Å². The molecule has 1 aliphatic carbocycles. The van der Waals surface area contributed by atoms with Gasteiger partial charge in [-0.2, -0.15) is 0 Å². The van der Waals surface area contributed by atoms with Crippen LogP contribution < -0.4 is 0 Å². The lowest BCUT2D eigenvalue weighted by atomic mass is 9.85. The number of aliphatic hydroxyl groups excluding tert-OH is 2. The number of halogens is 1. The summed E-state index contributed by atoms with van der Waals surface area (Å²) in [6.07, 6.45) is 4.66. The van der Waals surface area contributed by atoms with Gasteiger partial charge in [0, 0.05) is 29.4 Å². The van der Waals surface area contributed by atoms with Gasteiger partial charge >= 0.3 is 5.97 Å². The first kappa shape index (κ1) is 24.8. The fraction of sp³-hybridized carbons (Fsp3) is 0.652. The second-order valence-corrected chi connectivity index (χ2v) is 9.07. The topological polar surface area (TPSA) is 83.8 Å². The highest BCUT2D eigenvalue weighted by molar-refractivity contribution is 7.99. The number of ketones is 1. The first-order valence-corrected chi connectivity index (χ1v) is 11.7. The minimum absolute atomic E-state index is 0.109. The van der Waals surface area contributed by atoms with Crippen LogP contribution in [0, 0.1) is 17.7 Å². The number of carbonyl (C=O) groups excluding carboxylic acids is 2. The number of esters is 1. The minimum Gasteiger partial charge on any atom is -0.469 e. The van der Waals surface area contributed by atoms with Gasteiger partial charge < -0.3 is 14.9 Å². The molecule has 1 fully saturated rings. The molecule has 0 heterocycles. The van der Waals surface area contributed by atoms with Gasteiger partial charge in [0.15, 0.2) is 0 Å². The third-order valence-corrected chi connectivity index (χ3v) is 7.00. The molecule has 1 aromatic rings. The normalized spacial score (nSPS) is 22.3. The maximum absolute atomic E-state index is 13.7. The van der Waals surface area contributed by atoms with Crippen LogP contribution in [0.1, 0.15) is 57.8 Å². The molecule has 0 saturated heterocycles.